The fourth-order valence-corrected chi connectivity index (χ4v) is 1.40. The highest BCUT2D eigenvalue weighted by molar-refractivity contribution is 6.31. The second-order valence-corrected chi connectivity index (χ2v) is 4.97. The average Bonchev–Trinajstić information content (AvgIpc) is 2.22. The molecular weight excluding hydrogens is 263 g/mol. The van der Waals surface area contributed by atoms with Crippen molar-refractivity contribution >= 4 is 23.0 Å². The van der Waals surface area contributed by atoms with Crippen LogP contribution in [0.1, 0.15) is 20.8 Å². The number of nitro benzene ring substituents is 1. The van der Waals surface area contributed by atoms with Crippen molar-refractivity contribution in [2.24, 2.45) is 0 Å². The number of anilines is 1. The minimum Gasteiger partial charge on any atom is -0.391 e. The van der Waals surface area contributed by atoms with E-state index < -0.39 is 28.1 Å². The minimum absolute atomic E-state index is 0.0669. The van der Waals surface area contributed by atoms with Crippen molar-refractivity contribution in [3.8, 4) is 0 Å². The van der Waals surface area contributed by atoms with E-state index in [0.717, 1.165) is 12.1 Å². The van der Waals surface area contributed by atoms with Crippen LogP contribution in [0.15, 0.2) is 12.1 Å². The van der Waals surface area contributed by atoms with Crippen LogP contribution in [0.25, 0.3) is 0 Å². The molecule has 1 atom stereocenters. The Bertz CT molecular complexity index is 478. The Labute approximate surface area is 109 Å². The van der Waals surface area contributed by atoms with Crippen molar-refractivity contribution in [3.05, 3.63) is 33.1 Å². The van der Waals surface area contributed by atoms with E-state index in [1.807, 2.05) is 0 Å². The Morgan fingerprint density at radius 1 is 1.56 bits per heavy atom. The Morgan fingerprint density at radius 2 is 2.11 bits per heavy atom. The number of nitrogens with one attached hydrogen (secondary N) is 1. The molecule has 0 saturated carbocycles. The Morgan fingerprint density at radius 3 is 2.56 bits per heavy atom. The number of nitrogens with zero attached hydrogens (tertiary/aromatic N) is 1. The van der Waals surface area contributed by atoms with Crippen LogP contribution in [0.2, 0.25) is 5.02 Å². The van der Waals surface area contributed by atoms with Gasteiger partial charge in [0.15, 0.2) is 0 Å². The number of aliphatic hydroxyl groups excluding tert-OH is 1. The number of hydrogen-bond acceptors (Lipinski definition) is 4. The smallest absolute Gasteiger partial charge is 0.295 e. The van der Waals surface area contributed by atoms with Crippen molar-refractivity contribution < 1.29 is 14.4 Å². The van der Waals surface area contributed by atoms with Crippen LogP contribution in [-0.4, -0.2) is 21.7 Å². The quantitative estimate of drug-likeness (QED) is 0.655. The summed E-state index contributed by atoms with van der Waals surface area (Å²) in [6, 6.07) is 1.89. The summed E-state index contributed by atoms with van der Waals surface area (Å²) < 4.78 is 13.2. The summed E-state index contributed by atoms with van der Waals surface area (Å²) in [7, 11) is 0. The van der Waals surface area contributed by atoms with E-state index in [1.54, 1.807) is 20.8 Å². The molecule has 0 aromatic heterocycles. The second kappa shape index (κ2) is 5.07. The number of benzene rings is 1. The molecule has 2 N–H and O–H groups in total. The van der Waals surface area contributed by atoms with Crippen LogP contribution in [0.5, 0.6) is 0 Å². The lowest BCUT2D eigenvalue weighted by molar-refractivity contribution is -0.384. The predicted octanol–water partition coefficient (Wildman–Crippen LogP) is 2.96. The van der Waals surface area contributed by atoms with Crippen molar-refractivity contribution in [2.45, 2.75) is 32.4 Å². The summed E-state index contributed by atoms with van der Waals surface area (Å²) in [5, 5.41) is 23.0. The van der Waals surface area contributed by atoms with Crippen LogP contribution < -0.4 is 5.32 Å². The highest BCUT2D eigenvalue weighted by Crippen LogP contribution is 2.32. The van der Waals surface area contributed by atoms with Gasteiger partial charge in [-0.05, 0) is 26.8 Å². The largest absolute Gasteiger partial charge is 0.391 e. The van der Waals surface area contributed by atoms with Gasteiger partial charge in [-0.15, -0.1) is 0 Å². The maximum Gasteiger partial charge on any atom is 0.295 e. The fourth-order valence-electron chi connectivity index (χ4n) is 1.24. The molecule has 18 heavy (non-hydrogen) atoms. The van der Waals surface area contributed by atoms with Crippen molar-refractivity contribution in [1.82, 2.24) is 0 Å². The van der Waals surface area contributed by atoms with Gasteiger partial charge >= 0.3 is 0 Å². The summed E-state index contributed by atoms with van der Waals surface area (Å²) in [6.07, 6.45) is -0.763. The first-order valence-corrected chi connectivity index (χ1v) is 5.62. The third-order valence-electron chi connectivity index (χ3n) is 2.74. The van der Waals surface area contributed by atoms with Crippen molar-refractivity contribution in [3.63, 3.8) is 0 Å². The molecule has 0 aliphatic heterocycles. The molecule has 0 aliphatic rings. The van der Waals surface area contributed by atoms with E-state index in [2.05, 4.69) is 5.32 Å². The molecule has 1 aromatic rings. The summed E-state index contributed by atoms with van der Waals surface area (Å²) in [5.41, 5.74) is -1.17. The first kappa shape index (κ1) is 14.7. The maximum absolute atomic E-state index is 13.2. The molecule has 0 aliphatic carbocycles. The van der Waals surface area contributed by atoms with Gasteiger partial charge in [0.05, 0.1) is 27.7 Å². The molecule has 1 unspecified atom stereocenters. The SMILES string of the molecule is CC(O)C(C)(C)Nc1cc(Cl)c(F)cc1[N+](=O)[O-]. The number of aliphatic hydroxyl groups is 1. The van der Waals surface area contributed by atoms with E-state index in [4.69, 9.17) is 11.6 Å². The predicted molar refractivity (Wildman–Crippen MR) is 67.4 cm³/mol. The Balaban J connectivity index is 3.23. The van der Waals surface area contributed by atoms with E-state index in [0.29, 0.717) is 0 Å². The highest BCUT2D eigenvalue weighted by atomic mass is 35.5. The third-order valence-corrected chi connectivity index (χ3v) is 3.03. The van der Waals surface area contributed by atoms with Gasteiger partial charge in [-0.3, -0.25) is 10.1 Å². The molecule has 0 bridgehead atoms. The van der Waals surface area contributed by atoms with E-state index in [-0.39, 0.29) is 10.7 Å². The summed E-state index contributed by atoms with van der Waals surface area (Å²) in [5.74, 6) is -0.858. The Kier molecular flexibility index (Phi) is 4.13. The lowest BCUT2D eigenvalue weighted by Gasteiger charge is -2.30. The van der Waals surface area contributed by atoms with E-state index >= 15 is 0 Å². The fraction of sp³-hybridized carbons (Fsp3) is 0.455. The number of nitro groups is 1. The normalized spacial score (nSPS) is 13.2. The average molecular weight is 277 g/mol. The molecule has 1 rings (SSSR count). The van der Waals surface area contributed by atoms with Crippen LogP contribution in [-0.2, 0) is 0 Å². The van der Waals surface area contributed by atoms with Crippen LogP contribution in [0.4, 0.5) is 15.8 Å². The van der Waals surface area contributed by atoms with Crippen molar-refractivity contribution in [2.75, 3.05) is 5.32 Å². The lowest BCUT2D eigenvalue weighted by atomic mass is 9.98. The zero-order valence-corrected chi connectivity index (χ0v) is 11.0. The molecule has 5 nitrogen and oxygen atoms in total. The van der Waals surface area contributed by atoms with Gasteiger partial charge in [0.25, 0.3) is 5.69 Å². The molecule has 0 spiro atoms. The van der Waals surface area contributed by atoms with E-state index in [1.165, 1.54) is 0 Å². The summed E-state index contributed by atoms with van der Waals surface area (Å²) in [6.45, 7) is 4.88. The van der Waals surface area contributed by atoms with Gasteiger partial charge in [-0.25, -0.2) is 4.39 Å². The minimum atomic E-state index is -0.858. The van der Waals surface area contributed by atoms with Crippen molar-refractivity contribution in [1.29, 1.82) is 0 Å². The maximum atomic E-state index is 13.2. The molecule has 0 fully saturated rings. The standard InChI is InChI=1S/C11H14ClFN2O3/c1-6(16)11(2,3)14-9-4-7(12)8(13)5-10(9)15(17)18/h4-6,14,16H,1-3H3. The molecular formula is C11H14ClFN2O3. The Hall–Kier alpha value is -1.40. The van der Waals surface area contributed by atoms with Gasteiger partial charge in [-0.2, -0.15) is 0 Å². The van der Waals surface area contributed by atoms with Crippen LogP contribution >= 0.6 is 11.6 Å². The molecule has 0 heterocycles. The molecule has 0 radical (unpaired) electrons. The molecule has 0 saturated heterocycles. The van der Waals surface area contributed by atoms with Gasteiger partial charge in [-0.1, -0.05) is 11.6 Å². The number of halogens is 2. The zero-order valence-electron chi connectivity index (χ0n) is 10.2. The number of hydrogen-bond donors (Lipinski definition) is 2. The second-order valence-electron chi connectivity index (χ2n) is 4.56. The first-order chi connectivity index (χ1) is 8.15. The monoisotopic (exact) mass is 276 g/mol. The first-order valence-electron chi connectivity index (χ1n) is 5.25. The van der Waals surface area contributed by atoms with Gasteiger partial charge in [0.1, 0.15) is 11.5 Å². The van der Waals surface area contributed by atoms with Gasteiger partial charge < -0.3 is 10.4 Å². The molecule has 1 aromatic carbocycles. The van der Waals surface area contributed by atoms with Crippen LogP contribution in [0.3, 0.4) is 0 Å². The van der Waals surface area contributed by atoms with E-state index in [9.17, 15) is 19.6 Å². The molecule has 0 amide bonds. The summed E-state index contributed by atoms with van der Waals surface area (Å²) in [4.78, 5) is 10.1. The molecule has 7 heteroatoms. The zero-order chi connectivity index (χ0) is 14.1. The van der Waals surface area contributed by atoms with Gasteiger partial charge in [0, 0.05) is 0 Å². The third kappa shape index (κ3) is 3.08. The lowest BCUT2D eigenvalue weighted by Crippen LogP contribution is -2.42. The number of rotatable bonds is 4. The molecule has 100 valence electrons. The van der Waals surface area contributed by atoms with Crippen LogP contribution in [0, 0.1) is 15.9 Å². The highest BCUT2D eigenvalue weighted by Gasteiger charge is 2.28. The topological polar surface area (TPSA) is 75.4 Å². The summed E-state index contributed by atoms with van der Waals surface area (Å²) >= 11 is 5.60. The van der Waals surface area contributed by atoms with Gasteiger partial charge in [0.2, 0.25) is 0 Å².